The van der Waals surface area contributed by atoms with E-state index in [0.29, 0.717) is 16.8 Å². The molecule has 1 aliphatic heterocycles. The van der Waals surface area contributed by atoms with Crippen molar-refractivity contribution in [2.75, 3.05) is 11.9 Å². The molecule has 2 aromatic carbocycles. The molecule has 1 fully saturated rings. The minimum atomic E-state index is -0.644. The fourth-order valence-electron chi connectivity index (χ4n) is 2.42. The van der Waals surface area contributed by atoms with E-state index < -0.39 is 23.6 Å². The van der Waals surface area contributed by atoms with Crippen molar-refractivity contribution in [3.8, 4) is 0 Å². The van der Waals surface area contributed by atoms with Crippen LogP contribution in [0.5, 0.6) is 0 Å². The van der Waals surface area contributed by atoms with E-state index in [1.807, 2.05) is 0 Å². The van der Waals surface area contributed by atoms with Gasteiger partial charge in [-0.15, -0.1) is 0 Å². The molecule has 0 bridgehead atoms. The molecule has 1 unspecified atom stereocenters. The third kappa shape index (κ3) is 2.96. The van der Waals surface area contributed by atoms with Gasteiger partial charge in [-0.25, -0.2) is 9.18 Å². The summed E-state index contributed by atoms with van der Waals surface area (Å²) in [4.78, 5) is 23.6. The van der Waals surface area contributed by atoms with Gasteiger partial charge in [-0.1, -0.05) is 18.2 Å². The van der Waals surface area contributed by atoms with Crippen LogP contribution in [0.15, 0.2) is 48.5 Å². The van der Waals surface area contributed by atoms with Crippen LogP contribution >= 0.6 is 0 Å². The molecule has 0 aliphatic carbocycles. The van der Waals surface area contributed by atoms with Crippen molar-refractivity contribution in [3.63, 3.8) is 0 Å². The number of rotatable bonds is 3. The lowest BCUT2D eigenvalue weighted by atomic mass is 9.95. The number of anilines is 1. The van der Waals surface area contributed by atoms with Crippen LogP contribution in [-0.2, 0) is 9.53 Å². The first-order valence-electron chi connectivity index (χ1n) is 6.97. The average Bonchev–Trinajstić information content (AvgIpc) is 2.88. The number of hydrogen-bond donors (Lipinski definition) is 2. The summed E-state index contributed by atoms with van der Waals surface area (Å²) in [5, 5.41) is 10.5. The predicted molar refractivity (Wildman–Crippen MR) is 82.2 cm³/mol. The van der Waals surface area contributed by atoms with Gasteiger partial charge in [-0.2, -0.15) is 0 Å². The molecule has 1 aliphatic rings. The number of hydrogen-bond acceptors (Lipinski definition) is 4. The molecule has 0 saturated carbocycles. The maximum atomic E-state index is 12.9. The lowest BCUT2D eigenvalue weighted by Gasteiger charge is -2.14. The first-order valence-corrected chi connectivity index (χ1v) is 6.97. The van der Waals surface area contributed by atoms with Crippen LogP contribution in [0.25, 0.3) is 0 Å². The second kappa shape index (κ2) is 6.00. The minimum absolute atomic E-state index is 0.0844. The largest absolute Gasteiger partial charge is 0.460 e. The monoisotopic (exact) mass is 312 g/mol. The van der Waals surface area contributed by atoms with E-state index in [4.69, 9.17) is 10.1 Å². The van der Waals surface area contributed by atoms with Crippen LogP contribution in [-0.4, -0.2) is 24.2 Å². The van der Waals surface area contributed by atoms with Gasteiger partial charge in [-0.05, 0) is 35.9 Å². The molecule has 5 nitrogen and oxygen atoms in total. The summed E-state index contributed by atoms with van der Waals surface area (Å²) in [5.41, 5.74) is 1.32. The molecule has 6 heteroatoms. The standard InChI is InChI=1S/C17H13FN2O3/c18-11-7-5-10(6-8-11)16(21)20-14-4-2-1-3-12(14)13-9-23-17(22)15(13)19/h1-8,13,19H,9H2,(H,20,21). The lowest BCUT2D eigenvalue weighted by molar-refractivity contribution is -0.132. The Morgan fingerprint density at radius 1 is 1.17 bits per heavy atom. The van der Waals surface area contributed by atoms with Gasteiger partial charge in [0.15, 0.2) is 0 Å². The van der Waals surface area contributed by atoms with Gasteiger partial charge in [0.1, 0.15) is 18.1 Å². The number of ether oxygens (including phenoxy) is 1. The number of amides is 1. The van der Waals surface area contributed by atoms with E-state index in [1.54, 1.807) is 24.3 Å². The van der Waals surface area contributed by atoms with Crippen molar-refractivity contribution in [1.29, 1.82) is 5.41 Å². The van der Waals surface area contributed by atoms with E-state index in [2.05, 4.69) is 5.32 Å². The summed E-state index contributed by atoms with van der Waals surface area (Å²) >= 11 is 0. The van der Waals surface area contributed by atoms with Gasteiger partial charge in [0, 0.05) is 11.3 Å². The predicted octanol–water partition coefficient (Wildman–Crippen LogP) is 2.74. The van der Waals surface area contributed by atoms with Crippen LogP contribution in [0.2, 0.25) is 0 Å². The van der Waals surface area contributed by atoms with Crippen LogP contribution in [0.3, 0.4) is 0 Å². The van der Waals surface area contributed by atoms with Gasteiger partial charge >= 0.3 is 5.97 Å². The van der Waals surface area contributed by atoms with Crippen molar-refractivity contribution < 1.29 is 18.7 Å². The second-order valence-electron chi connectivity index (χ2n) is 5.11. The molecule has 116 valence electrons. The summed E-state index contributed by atoms with van der Waals surface area (Å²) in [6, 6.07) is 12.1. The molecule has 3 rings (SSSR count). The Morgan fingerprint density at radius 2 is 1.87 bits per heavy atom. The number of cyclic esters (lactones) is 1. The quantitative estimate of drug-likeness (QED) is 0.855. The highest BCUT2D eigenvalue weighted by Crippen LogP contribution is 2.29. The van der Waals surface area contributed by atoms with Crippen LogP contribution in [0, 0.1) is 11.2 Å². The van der Waals surface area contributed by atoms with Crippen molar-refractivity contribution in [2.45, 2.75) is 5.92 Å². The number of carbonyl (C=O) groups excluding carboxylic acids is 2. The topological polar surface area (TPSA) is 79.2 Å². The number of esters is 1. The molecule has 23 heavy (non-hydrogen) atoms. The second-order valence-corrected chi connectivity index (χ2v) is 5.11. The normalized spacial score (nSPS) is 17.0. The first-order chi connectivity index (χ1) is 11.1. The highest BCUT2D eigenvalue weighted by molar-refractivity contribution is 6.39. The Labute approximate surface area is 131 Å². The summed E-state index contributed by atoms with van der Waals surface area (Å²) in [5.74, 6) is -1.96. The van der Waals surface area contributed by atoms with Gasteiger partial charge < -0.3 is 10.1 Å². The zero-order chi connectivity index (χ0) is 16.4. The first kappa shape index (κ1) is 14.9. The molecule has 1 atom stereocenters. The molecule has 1 amide bonds. The lowest BCUT2D eigenvalue weighted by Crippen LogP contribution is -2.17. The van der Waals surface area contributed by atoms with Gasteiger partial charge in [0.25, 0.3) is 5.91 Å². The highest BCUT2D eigenvalue weighted by Gasteiger charge is 2.33. The van der Waals surface area contributed by atoms with E-state index in [0.717, 1.165) is 0 Å². The SMILES string of the molecule is N=C1C(=O)OCC1c1ccccc1NC(=O)c1ccc(F)cc1. The molecule has 0 aromatic heterocycles. The zero-order valence-electron chi connectivity index (χ0n) is 12.0. The van der Waals surface area contributed by atoms with Gasteiger partial charge in [0.05, 0.1) is 5.92 Å². The third-order valence-electron chi connectivity index (χ3n) is 3.64. The minimum Gasteiger partial charge on any atom is -0.460 e. The van der Waals surface area contributed by atoms with Crippen LogP contribution in [0.1, 0.15) is 21.8 Å². The molecule has 0 radical (unpaired) electrons. The number of halogens is 1. The molecular formula is C17H13FN2O3. The number of carbonyl (C=O) groups is 2. The Kier molecular flexibility index (Phi) is 3.89. The smallest absolute Gasteiger partial charge is 0.352 e. The van der Waals surface area contributed by atoms with Crippen molar-refractivity contribution in [2.24, 2.45) is 0 Å². The fraction of sp³-hybridized carbons (Fsp3) is 0.118. The van der Waals surface area contributed by atoms with E-state index in [9.17, 15) is 14.0 Å². The average molecular weight is 312 g/mol. The summed E-state index contributed by atoms with van der Waals surface area (Å²) < 4.78 is 17.8. The van der Waals surface area contributed by atoms with Crippen molar-refractivity contribution >= 4 is 23.3 Å². The van der Waals surface area contributed by atoms with Crippen molar-refractivity contribution in [3.05, 3.63) is 65.5 Å². The van der Waals surface area contributed by atoms with E-state index >= 15 is 0 Å². The fourth-order valence-corrected chi connectivity index (χ4v) is 2.42. The molecule has 2 N–H and O–H groups in total. The Bertz CT molecular complexity index is 787. The van der Waals surface area contributed by atoms with Crippen LogP contribution in [0.4, 0.5) is 10.1 Å². The summed E-state index contributed by atoms with van der Waals surface area (Å²) in [7, 11) is 0. The Hall–Kier alpha value is -3.02. The maximum absolute atomic E-state index is 12.9. The van der Waals surface area contributed by atoms with E-state index in [1.165, 1.54) is 24.3 Å². The Morgan fingerprint density at radius 3 is 2.52 bits per heavy atom. The van der Waals surface area contributed by atoms with Gasteiger partial charge in [-0.3, -0.25) is 10.2 Å². The van der Waals surface area contributed by atoms with Gasteiger partial charge in [0.2, 0.25) is 0 Å². The van der Waals surface area contributed by atoms with Crippen LogP contribution < -0.4 is 5.32 Å². The number of nitrogens with one attached hydrogen (secondary N) is 2. The number of benzene rings is 2. The highest BCUT2D eigenvalue weighted by atomic mass is 19.1. The molecule has 1 heterocycles. The molecular weight excluding hydrogens is 299 g/mol. The Balaban J connectivity index is 1.86. The summed E-state index contributed by atoms with van der Waals surface area (Å²) in [6.07, 6.45) is 0. The maximum Gasteiger partial charge on any atom is 0.352 e. The molecule has 2 aromatic rings. The molecule has 1 saturated heterocycles. The number of para-hydroxylation sites is 1. The molecule has 0 spiro atoms. The summed E-state index contributed by atoms with van der Waals surface area (Å²) in [6.45, 7) is 0.0844. The van der Waals surface area contributed by atoms with Crippen molar-refractivity contribution in [1.82, 2.24) is 0 Å². The zero-order valence-corrected chi connectivity index (χ0v) is 12.0. The third-order valence-corrected chi connectivity index (χ3v) is 3.64. The van der Waals surface area contributed by atoms with E-state index in [-0.39, 0.29) is 12.3 Å².